The molecule has 1 aromatic carbocycles. The summed E-state index contributed by atoms with van der Waals surface area (Å²) in [5.74, 6) is -0.873. The Hall–Kier alpha value is -2.08. The molecule has 0 heterocycles. The molecule has 6 heteroatoms. The number of alkyl carbamates (subject to hydrolysis) is 1. The summed E-state index contributed by atoms with van der Waals surface area (Å²) in [6.45, 7) is 0.475. The number of carbonyl (C=O) groups is 2. The minimum atomic E-state index is -0.614. The molecular weight excluding hydrogens is 272 g/mol. The van der Waals surface area contributed by atoms with Crippen molar-refractivity contribution in [2.24, 2.45) is 17.6 Å². The van der Waals surface area contributed by atoms with Crippen LogP contribution in [-0.4, -0.2) is 29.8 Å². The largest absolute Gasteiger partial charge is 0.445 e. The van der Waals surface area contributed by atoms with E-state index >= 15 is 0 Å². The summed E-state index contributed by atoms with van der Waals surface area (Å²) in [5.41, 5.74) is 6.13. The van der Waals surface area contributed by atoms with Crippen molar-refractivity contribution in [3.05, 3.63) is 35.9 Å². The molecule has 0 unspecified atom stereocenters. The van der Waals surface area contributed by atoms with Crippen molar-refractivity contribution in [2.75, 3.05) is 6.54 Å². The number of hydrogen-bond acceptors (Lipinski definition) is 4. The topological polar surface area (TPSA) is 102 Å². The van der Waals surface area contributed by atoms with E-state index in [-0.39, 0.29) is 25.0 Å². The van der Waals surface area contributed by atoms with Crippen LogP contribution in [0.3, 0.4) is 0 Å². The normalized spacial score (nSPS) is 24.5. The fourth-order valence-corrected chi connectivity index (χ4v) is 2.54. The van der Waals surface area contributed by atoms with Crippen LogP contribution in [0.15, 0.2) is 30.3 Å². The molecule has 2 amide bonds. The second-order valence-corrected chi connectivity index (χ2v) is 5.34. The molecule has 0 radical (unpaired) electrons. The van der Waals surface area contributed by atoms with Gasteiger partial charge in [0.1, 0.15) is 6.61 Å². The van der Waals surface area contributed by atoms with Gasteiger partial charge < -0.3 is 20.9 Å². The van der Waals surface area contributed by atoms with Gasteiger partial charge in [0.25, 0.3) is 0 Å². The average molecular weight is 292 g/mol. The Labute approximate surface area is 123 Å². The zero-order valence-corrected chi connectivity index (χ0v) is 11.7. The maximum Gasteiger partial charge on any atom is 0.407 e. The first-order valence-corrected chi connectivity index (χ1v) is 6.98. The summed E-state index contributed by atoms with van der Waals surface area (Å²) in [7, 11) is 0. The fourth-order valence-electron chi connectivity index (χ4n) is 2.54. The summed E-state index contributed by atoms with van der Waals surface area (Å²) in [6.07, 6.45) is -0.290. The Kier molecular flexibility index (Phi) is 5.16. The van der Waals surface area contributed by atoms with Gasteiger partial charge in [0, 0.05) is 18.4 Å². The van der Waals surface area contributed by atoms with Gasteiger partial charge in [-0.15, -0.1) is 0 Å². The Morgan fingerprint density at radius 3 is 2.62 bits per heavy atom. The van der Waals surface area contributed by atoms with Crippen LogP contribution in [0.25, 0.3) is 0 Å². The maximum atomic E-state index is 11.6. The first-order chi connectivity index (χ1) is 10.1. The number of rotatable bonds is 5. The summed E-state index contributed by atoms with van der Waals surface area (Å²) < 4.78 is 5.07. The molecule has 1 aliphatic rings. The van der Waals surface area contributed by atoms with Gasteiger partial charge in [0.05, 0.1) is 6.10 Å². The highest BCUT2D eigenvalue weighted by molar-refractivity contribution is 5.77. The molecular formula is C15H20N2O4. The molecule has 114 valence electrons. The van der Waals surface area contributed by atoms with Crippen molar-refractivity contribution < 1.29 is 19.4 Å². The van der Waals surface area contributed by atoms with Gasteiger partial charge in [0.2, 0.25) is 5.91 Å². The van der Waals surface area contributed by atoms with Crippen LogP contribution in [0.2, 0.25) is 0 Å². The number of amides is 2. The number of aliphatic hydroxyl groups is 1. The number of hydrogen-bond donors (Lipinski definition) is 3. The number of benzene rings is 1. The fraction of sp³-hybridized carbons (Fsp3) is 0.467. The monoisotopic (exact) mass is 292 g/mol. The van der Waals surface area contributed by atoms with Crippen molar-refractivity contribution in [3.63, 3.8) is 0 Å². The lowest BCUT2D eigenvalue weighted by Crippen LogP contribution is -2.32. The summed E-state index contributed by atoms with van der Waals surface area (Å²) in [5, 5.41) is 12.4. The van der Waals surface area contributed by atoms with Gasteiger partial charge in [-0.2, -0.15) is 0 Å². The van der Waals surface area contributed by atoms with E-state index in [0.717, 1.165) is 5.56 Å². The first kappa shape index (κ1) is 15.3. The standard InChI is InChI=1S/C15H20N2O4/c16-14(19)11-6-12(13(18)7-11)8-17-15(20)21-9-10-4-2-1-3-5-10/h1-5,11-13,18H,6-9H2,(H2,16,19)(H,17,20)/t11-,12+,13+/m0/s1. The van der Waals surface area contributed by atoms with Crippen LogP contribution in [-0.2, 0) is 16.1 Å². The average Bonchev–Trinajstić information content (AvgIpc) is 2.85. The van der Waals surface area contributed by atoms with Crippen LogP contribution in [0.5, 0.6) is 0 Å². The number of ether oxygens (including phenoxy) is 1. The number of carbonyl (C=O) groups excluding carboxylic acids is 2. The second-order valence-electron chi connectivity index (χ2n) is 5.34. The number of primary amides is 1. The third-order valence-corrected chi connectivity index (χ3v) is 3.78. The van der Waals surface area contributed by atoms with E-state index in [1.165, 1.54) is 0 Å². The van der Waals surface area contributed by atoms with Crippen molar-refractivity contribution in [1.29, 1.82) is 0 Å². The van der Waals surface area contributed by atoms with Crippen molar-refractivity contribution in [1.82, 2.24) is 5.32 Å². The predicted molar refractivity (Wildman–Crippen MR) is 76.0 cm³/mol. The van der Waals surface area contributed by atoms with Gasteiger partial charge in [-0.05, 0) is 18.4 Å². The molecule has 2 rings (SSSR count). The molecule has 4 N–H and O–H groups in total. The minimum absolute atomic E-state index is 0.160. The van der Waals surface area contributed by atoms with E-state index in [2.05, 4.69) is 5.32 Å². The summed E-state index contributed by atoms with van der Waals surface area (Å²) in [6, 6.07) is 9.36. The zero-order chi connectivity index (χ0) is 15.2. The van der Waals surface area contributed by atoms with Gasteiger partial charge in [-0.3, -0.25) is 4.79 Å². The van der Waals surface area contributed by atoms with Gasteiger partial charge >= 0.3 is 6.09 Å². The number of nitrogens with two attached hydrogens (primary N) is 1. The molecule has 1 fully saturated rings. The van der Waals surface area contributed by atoms with Crippen molar-refractivity contribution in [3.8, 4) is 0 Å². The summed E-state index contributed by atoms with van der Waals surface area (Å²) >= 11 is 0. The lowest BCUT2D eigenvalue weighted by molar-refractivity contribution is -0.121. The van der Waals surface area contributed by atoms with Crippen molar-refractivity contribution in [2.45, 2.75) is 25.6 Å². The maximum absolute atomic E-state index is 11.6. The molecule has 1 aromatic rings. The molecule has 0 bridgehead atoms. The van der Waals surface area contributed by atoms with Crippen LogP contribution < -0.4 is 11.1 Å². The molecule has 21 heavy (non-hydrogen) atoms. The SMILES string of the molecule is NC(=O)[C@H]1C[C@H](CNC(=O)OCc2ccccc2)[C@H](O)C1. The molecule has 6 nitrogen and oxygen atoms in total. The molecule has 1 aliphatic carbocycles. The molecule has 3 atom stereocenters. The van der Waals surface area contributed by atoms with Crippen LogP contribution in [0, 0.1) is 11.8 Å². The van der Waals surface area contributed by atoms with Crippen LogP contribution in [0.4, 0.5) is 4.79 Å². The third kappa shape index (κ3) is 4.46. The lowest BCUT2D eigenvalue weighted by Gasteiger charge is -2.15. The highest BCUT2D eigenvalue weighted by Gasteiger charge is 2.35. The first-order valence-electron chi connectivity index (χ1n) is 6.98. The van der Waals surface area contributed by atoms with E-state index in [1.807, 2.05) is 30.3 Å². The minimum Gasteiger partial charge on any atom is -0.445 e. The summed E-state index contributed by atoms with van der Waals surface area (Å²) in [4.78, 5) is 22.7. The molecule has 0 spiro atoms. The van der Waals surface area contributed by atoms with E-state index in [1.54, 1.807) is 0 Å². The van der Waals surface area contributed by atoms with E-state index in [4.69, 9.17) is 10.5 Å². The molecule has 1 saturated carbocycles. The Morgan fingerprint density at radius 2 is 2.00 bits per heavy atom. The second kappa shape index (κ2) is 7.08. The van der Waals surface area contributed by atoms with Gasteiger partial charge in [-0.25, -0.2) is 4.79 Å². The Bertz CT molecular complexity index is 492. The number of nitrogens with one attached hydrogen (secondary N) is 1. The smallest absolute Gasteiger partial charge is 0.407 e. The van der Waals surface area contributed by atoms with Crippen LogP contribution in [0.1, 0.15) is 18.4 Å². The lowest BCUT2D eigenvalue weighted by atomic mass is 10.0. The van der Waals surface area contributed by atoms with Gasteiger partial charge in [0.15, 0.2) is 0 Å². The van der Waals surface area contributed by atoms with E-state index < -0.39 is 18.1 Å². The van der Waals surface area contributed by atoms with Crippen LogP contribution >= 0.6 is 0 Å². The van der Waals surface area contributed by atoms with Crippen molar-refractivity contribution >= 4 is 12.0 Å². The predicted octanol–water partition coefficient (Wildman–Crippen LogP) is 0.785. The Balaban J connectivity index is 1.71. The Morgan fingerprint density at radius 1 is 1.29 bits per heavy atom. The zero-order valence-electron chi connectivity index (χ0n) is 11.7. The molecule has 0 saturated heterocycles. The highest BCUT2D eigenvalue weighted by atomic mass is 16.5. The van der Waals surface area contributed by atoms with E-state index in [9.17, 15) is 14.7 Å². The highest BCUT2D eigenvalue weighted by Crippen LogP contribution is 2.30. The quantitative estimate of drug-likeness (QED) is 0.746. The van der Waals surface area contributed by atoms with Gasteiger partial charge in [-0.1, -0.05) is 30.3 Å². The molecule has 0 aromatic heterocycles. The van der Waals surface area contributed by atoms with E-state index in [0.29, 0.717) is 12.8 Å². The third-order valence-electron chi connectivity index (χ3n) is 3.78. The number of aliphatic hydroxyl groups excluding tert-OH is 1. The molecule has 0 aliphatic heterocycles.